The first-order chi connectivity index (χ1) is 11.1. The number of urea groups is 1. The molecule has 1 aromatic carbocycles. The van der Waals surface area contributed by atoms with Crippen LogP contribution in [0.25, 0.3) is 0 Å². The summed E-state index contributed by atoms with van der Waals surface area (Å²) in [5, 5.41) is 2.81. The molecule has 2 aromatic rings. The molecule has 0 unspecified atom stereocenters. The number of oxazole rings is 1. The molecule has 122 valence electrons. The van der Waals surface area contributed by atoms with Gasteiger partial charge in [-0.2, -0.15) is 0 Å². The number of aromatic nitrogens is 1. The number of carbonyl (C=O) groups is 2. The molecule has 0 aliphatic carbocycles. The van der Waals surface area contributed by atoms with E-state index in [4.69, 9.17) is 4.42 Å². The molecule has 0 bridgehead atoms. The van der Waals surface area contributed by atoms with Gasteiger partial charge in [-0.1, -0.05) is 25.1 Å². The largest absolute Gasteiger partial charge is 0.464 e. The van der Waals surface area contributed by atoms with Crippen molar-refractivity contribution in [1.29, 1.82) is 0 Å². The lowest BCUT2D eigenvalue weighted by atomic mass is 10.3. The molecule has 0 saturated carbocycles. The van der Waals surface area contributed by atoms with Crippen LogP contribution >= 0.6 is 0 Å². The summed E-state index contributed by atoms with van der Waals surface area (Å²) in [6.45, 7) is 2.68. The molecule has 2 rings (SSSR count). The minimum Gasteiger partial charge on any atom is -0.464 e. The van der Waals surface area contributed by atoms with Crippen molar-refractivity contribution in [3.63, 3.8) is 0 Å². The smallest absolute Gasteiger partial charge is 0.360 e. The van der Waals surface area contributed by atoms with Crippen LogP contribution in [0.3, 0.4) is 0 Å². The van der Waals surface area contributed by atoms with Crippen LogP contribution in [0.5, 0.6) is 0 Å². The maximum Gasteiger partial charge on any atom is 0.360 e. The number of esters is 1. The van der Waals surface area contributed by atoms with Crippen LogP contribution in [0, 0.1) is 0 Å². The number of hydrogen-bond acceptors (Lipinski definition) is 5. The fourth-order valence-corrected chi connectivity index (χ4v) is 1.99. The second-order valence-electron chi connectivity index (χ2n) is 4.84. The number of anilines is 1. The van der Waals surface area contributed by atoms with Gasteiger partial charge in [-0.3, -0.25) is 0 Å². The number of para-hydroxylation sites is 1. The molecule has 2 amide bonds. The Kier molecular flexibility index (Phi) is 5.74. The Morgan fingerprint density at radius 3 is 2.70 bits per heavy atom. The number of carbonyl (C=O) groups excluding carboxylic acids is 2. The topological polar surface area (TPSA) is 84.7 Å². The van der Waals surface area contributed by atoms with Gasteiger partial charge in [0.2, 0.25) is 5.89 Å². The highest BCUT2D eigenvalue weighted by atomic mass is 16.5. The molecule has 0 aliphatic heterocycles. The Bertz CT molecular complexity index is 654. The molecule has 0 saturated heterocycles. The monoisotopic (exact) mass is 317 g/mol. The first-order valence-corrected chi connectivity index (χ1v) is 7.27. The number of amides is 2. The van der Waals surface area contributed by atoms with Crippen molar-refractivity contribution in [2.45, 2.75) is 19.9 Å². The van der Waals surface area contributed by atoms with Crippen molar-refractivity contribution in [1.82, 2.24) is 9.88 Å². The number of nitrogens with one attached hydrogen (secondary N) is 1. The van der Waals surface area contributed by atoms with Crippen molar-refractivity contribution >= 4 is 17.7 Å². The lowest BCUT2D eigenvalue weighted by Gasteiger charge is -2.21. The Morgan fingerprint density at radius 2 is 2.04 bits per heavy atom. The van der Waals surface area contributed by atoms with E-state index >= 15 is 0 Å². The molecular formula is C16H19N3O4. The highest BCUT2D eigenvalue weighted by molar-refractivity contribution is 5.89. The maximum absolute atomic E-state index is 12.4. The highest BCUT2D eigenvalue weighted by Crippen LogP contribution is 2.11. The Morgan fingerprint density at radius 1 is 1.30 bits per heavy atom. The van der Waals surface area contributed by atoms with Gasteiger partial charge in [0.1, 0.15) is 6.26 Å². The van der Waals surface area contributed by atoms with Crippen LogP contribution in [0.4, 0.5) is 10.5 Å². The van der Waals surface area contributed by atoms with Crippen LogP contribution in [0.15, 0.2) is 41.0 Å². The molecule has 1 heterocycles. The molecule has 7 heteroatoms. The quantitative estimate of drug-likeness (QED) is 0.828. The summed E-state index contributed by atoms with van der Waals surface area (Å²) in [5.74, 6) is -0.294. The van der Waals surface area contributed by atoms with E-state index in [0.717, 1.165) is 6.42 Å². The Labute approximate surface area is 134 Å². The number of methoxy groups -OCH3 is 1. The average Bonchev–Trinajstić information content (AvgIpc) is 3.03. The first-order valence-electron chi connectivity index (χ1n) is 7.27. The third-order valence-electron chi connectivity index (χ3n) is 3.08. The lowest BCUT2D eigenvalue weighted by molar-refractivity contribution is 0.0594. The van der Waals surface area contributed by atoms with Gasteiger partial charge < -0.3 is 19.4 Å². The predicted molar refractivity (Wildman–Crippen MR) is 84.0 cm³/mol. The fraction of sp³-hybridized carbons (Fsp3) is 0.312. The molecule has 0 atom stereocenters. The van der Waals surface area contributed by atoms with Gasteiger partial charge in [0.15, 0.2) is 5.69 Å². The van der Waals surface area contributed by atoms with Crippen molar-refractivity contribution in [2.24, 2.45) is 0 Å². The molecule has 23 heavy (non-hydrogen) atoms. The van der Waals surface area contributed by atoms with Crippen LogP contribution in [0.2, 0.25) is 0 Å². The molecule has 0 radical (unpaired) electrons. The molecule has 1 aromatic heterocycles. The van der Waals surface area contributed by atoms with Crippen LogP contribution < -0.4 is 5.32 Å². The number of ether oxygens (including phenoxy) is 1. The molecule has 7 nitrogen and oxygen atoms in total. The van der Waals surface area contributed by atoms with E-state index in [1.54, 1.807) is 4.90 Å². The number of hydrogen-bond donors (Lipinski definition) is 1. The van der Waals surface area contributed by atoms with E-state index in [2.05, 4.69) is 15.0 Å². The molecule has 0 fully saturated rings. The van der Waals surface area contributed by atoms with E-state index in [1.165, 1.54) is 13.4 Å². The summed E-state index contributed by atoms with van der Waals surface area (Å²) in [5.41, 5.74) is 0.795. The molecule has 1 N–H and O–H groups in total. The lowest BCUT2D eigenvalue weighted by Crippen LogP contribution is -2.35. The van der Waals surface area contributed by atoms with Crippen LogP contribution in [0.1, 0.15) is 29.7 Å². The van der Waals surface area contributed by atoms with E-state index in [0.29, 0.717) is 12.2 Å². The van der Waals surface area contributed by atoms with Gasteiger partial charge in [-0.25, -0.2) is 14.6 Å². The summed E-state index contributed by atoms with van der Waals surface area (Å²) >= 11 is 0. The van der Waals surface area contributed by atoms with E-state index < -0.39 is 5.97 Å². The zero-order chi connectivity index (χ0) is 16.7. The van der Waals surface area contributed by atoms with E-state index in [9.17, 15) is 9.59 Å². The van der Waals surface area contributed by atoms with Gasteiger partial charge in [0.05, 0.1) is 13.7 Å². The van der Waals surface area contributed by atoms with Gasteiger partial charge in [0, 0.05) is 12.2 Å². The zero-order valence-electron chi connectivity index (χ0n) is 13.1. The maximum atomic E-state index is 12.4. The van der Waals surface area contributed by atoms with Gasteiger partial charge in [0.25, 0.3) is 0 Å². The Hall–Kier alpha value is -2.83. The first kappa shape index (κ1) is 16.5. The number of nitrogens with zero attached hydrogens (tertiary/aromatic N) is 2. The zero-order valence-corrected chi connectivity index (χ0v) is 13.1. The third-order valence-corrected chi connectivity index (χ3v) is 3.08. The van der Waals surface area contributed by atoms with Crippen molar-refractivity contribution in [3.8, 4) is 0 Å². The fourth-order valence-electron chi connectivity index (χ4n) is 1.99. The second kappa shape index (κ2) is 7.98. The Balaban J connectivity index is 2.04. The predicted octanol–water partition coefficient (Wildman–Crippen LogP) is 2.91. The van der Waals surface area contributed by atoms with Crippen molar-refractivity contribution in [3.05, 3.63) is 48.2 Å². The second-order valence-corrected chi connectivity index (χ2v) is 4.84. The van der Waals surface area contributed by atoms with Crippen LogP contribution in [-0.2, 0) is 11.3 Å². The average molecular weight is 317 g/mol. The normalized spacial score (nSPS) is 10.2. The molecule has 0 aliphatic rings. The number of benzene rings is 1. The van der Waals surface area contributed by atoms with Crippen LogP contribution in [-0.4, -0.2) is 35.5 Å². The summed E-state index contributed by atoms with van der Waals surface area (Å²) in [4.78, 5) is 29.3. The molecule has 0 spiro atoms. The van der Waals surface area contributed by atoms with Crippen molar-refractivity contribution < 1.29 is 18.7 Å². The van der Waals surface area contributed by atoms with Gasteiger partial charge >= 0.3 is 12.0 Å². The standard InChI is InChI=1S/C16H19N3O4/c1-3-9-19(16(21)17-12-7-5-4-6-8-12)10-14-18-13(11-23-14)15(20)22-2/h4-8,11H,3,9-10H2,1-2H3,(H,17,21). The summed E-state index contributed by atoms with van der Waals surface area (Å²) in [7, 11) is 1.27. The summed E-state index contributed by atoms with van der Waals surface area (Å²) in [6, 6.07) is 8.93. The SMILES string of the molecule is CCCN(Cc1nc(C(=O)OC)co1)C(=O)Nc1ccccc1. The van der Waals surface area contributed by atoms with Gasteiger partial charge in [-0.05, 0) is 18.6 Å². The minimum atomic E-state index is -0.573. The number of rotatable bonds is 6. The highest BCUT2D eigenvalue weighted by Gasteiger charge is 2.18. The minimum absolute atomic E-state index is 0.0856. The summed E-state index contributed by atoms with van der Waals surface area (Å²) < 4.78 is 9.81. The van der Waals surface area contributed by atoms with Crippen molar-refractivity contribution in [2.75, 3.05) is 19.0 Å². The van der Waals surface area contributed by atoms with Gasteiger partial charge in [-0.15, -0.1) is 0 Å². The van der Waals surface area contributed by atoms with E-state index in [-0.39, 0.29) is 24.2 Å². The third kappa shape index (κ3) is 4.57. The van der Waals surface area contributed by atoms with E-state index in [1.807, 2.05) is 37.3 Å². The molecular weight excluding hydrogens is 298 g/mol. The summed E-state index contributed by atoms with van der Waals surface area (Å²) in [6.07, 6.45) is 2.01.